The van der Waals surface area contributed by atoms with Crippen molar-refractivity contribution in [2.45, 2.75) is 6.92 Å². The van der Waals surface area contributed by atoms with Gasteiger partial charge in [-0.25, -0.2) is 4.39 Å². The maximum Gasteiger partial charge on any atom is 0.235 e. The van der Waals surface area contributed by atoms with Gasteiger partial charge in [0.1, 0.15) is 17.0 Å². The summed E-state index contributed by atoms with van der Waals surface area (Å²) in [6, 6.07) is 4.31. The van der Waals surface area contributed by atoms with Crippen LogP contribution in [0.15, 0.2) is 24.4 Å². The van der Waals surface area contributed by atoms with Crippen LogP contribution in [-0.2, 0) is 0 Å². The third-order valence-corrected chi connectivity index (χ3v) is 2.84. The summed E-state index contributed by atoms with van der Waals surface area (Å²) in [6.07, 6.45) is 1.59. The normalized spacial score (nSPS) is 10.8. The number of rotatable bonds is 3. The molecule has 3 rings (SSSR count). The Morgan fingerprint density at radius 1 is 1.30 bits per heavy atom. The van der Waals surface area contributed by atoms with Crippen molar-refractivity contribution in [3.05, 3.63) is 35.8 Å². The van der Waals surface area contributed by atoms with Gasteiger partial charge >= 0.3 is 0 Å². The number of fused-ring (bicyclic) bond motifs is 1. The van der Waals surface area contributed by atoms with Crippen LogP contribution >= 0.6 is 0 Å². The molecule has 0 radical (unpaired) electrons. The summed E-state index contributed by atoms with van der Waals surface area (Å²) in [7, 11) is 1.71. The lowest BCUT2D eigenvalue weighted by Gasteiger charge is -2.09. The van der Waals surface area contributed by atoms with Crippen molar-refractivity contribution in [3.63, 3.8) is 0 Å². The van der Waals surface area contributed by atoms with Crippen molar-refractivity contribution in [1.82, 2.24) is 20.2 Å². The minimum Gasteiger partial charge on any atom is -0.438 e. The molecule has 0 fully saturated rings. The quantitative estimate of drug-likeness (QED) is 0.767. The summed E-state index contributed by atoms with van der Waals surface area (Å²) in [4.78, 5) is 8.46. The van der Waals surface area contributed by atoms with E-state index in [-0.39, 0.29) is 5.82 Å². The number of nitrogens with zero attached hydrogens (tertiary/aromatic N) is 3. The van der Waals surface area contributed by atoms with Crippen LogP contribution in [0.5, 0.6) is 11.6 Å². The molecular formula is C13H12FN5O. The van der Waals surface area contributed by atoms with E-state index in [1.165, 1.54) is 12.1 Å². The van der Waals surface area contributed by atoms with Crippen LogP contribution in [0, 0.1) is 12.7 Å². The average molecular weight is 273 g/mol. The number of hydrogen-bond acceptors (Lipinski definition) is 5. The Balaban J connectivity index is 2.07. The van der Waals surface area contributed by atoms with Crippen LogP contribution in [0.25, 0.3) is 11.0 Å². The van der Waals surface area contributed by atoms with Gasteiger partial charge in [-0.15, -0.1) is 0 Å². The Kier molecular flexibility index (Phi) is 2.94. The molecule has 0 atom stereocenters. The molecule has 0 aliphatic heterocycles. The fourth-order valence-electron chi connectivity index (χ4n) is 1.83. The molecule has 0 spiro atoms. The van der Waals surface area contributed by atoms with E-state index in [1.807, 2.05) is 0 Å². The minimum atomic E-state index is -0.304. The Bertz CT molecular complexity index is 771. The monoisotopic (exact) mass is 273 g/mol. The Morgan fingerprint density at radius 2 is 2.15 bits per heavy atom. The number of ether oxygens (including phenoxy) is 1. The van der Waals surface area contributed by atoms with Gasteiger partial charge in [-0.3, -0.25) is 5.10 Å². The zero-order valence-electron chi connectivity index (χ0n) is 10.9. The molecule has 2 heterocycles. The van der Waals surface area contributed by atoms with E-state index in [0.717, 1.165) is 0 Å². The smallest absolute Gasteiger partial charge is 0.235 e. The summed E-state index contributed by atoms with van der Waals surface area (Å²) in [5.74, 6) is 1.01. The van der Waals surface area contributed by atoms with Gasteiger partial charge in [-0.05, 0) is 30.7 Å². The topological polar surface area (TPSA) is 75.7 Å². The summed E-state index contributed by atoms with van der Waals surface area (Å²) in [5.41, 5.74) is 1.25. The Labute approximate surface area is 114 Å². The standard InChI is InChI=1S/C13H12FN5O/c1-7-5-8(14)3-4-10(7)20-12-9-6-16-19-11(9)17-13(15-2)18-12/h3-6H,1-2H3,(H2,15,16,17,18,19). The molecule has 1 aromatic carbocycles. The van der Waals surface area contributed by atoms with Crippen molar-refractivity contribution < 1.29 is 9.13 Å². The van der Waals surface area contributed by atoms with Crippen molar-refractivity contribution in [3.8, 4) is 11.6 Å². The summed E-state index contributed by atoms with van der Waals surface area (Å²) >= 11 is 0. The molecule has 0 aliphatic carbocycles. The van der Waals surface area contributed by atoms with Crippen molar-refractivity contribution in [2.75, 3.05) is 12.4 Å². The number of hydrogen-bond donors (Lipinski definition) is 2. The second-order valence-corrected chi connectivity index (χ2v) is 4.25. The zero-order chi connectivity index (χ0) is 14.1. The highest BCUT2D eigenvalue weighted by Gasteiger charge is 2.12. The molecule has 7 heteroatoms. The van der Waals surface area contributed by atoms with Crippen LogP contribution in [0.1, 0.15) is 5.56 Å². The lowest BCUT2D eigenvalue weighted by molar-refractivity contribution is 0.463. The van der Waals surface area contributed by atoms with E-state index in [1.54, 1.807) is 26.2 Å². The van der Waals surface area contributed by atoms with Gasteiger partial charge < -0.3 is 10.1 Å². The first kappa shape index (κ1) is 12.3. The van der Waals surface area contributed by atoms with Gasteiger partial charge in [-0.1, -0.05) is 0 Å². The van der Waals surface area contributed by atoms with E-state index in [0.29, 0.717) is 34.2 Å². The molecule has 102 valence electrons. The molecular weight excluding hydrogens is 261 g/mol. The number of halogens is 1. The number of aromatic amines is 1. The SMILES string of the molecule is CNc1nc(Oc2ccc(F)cc2C)c2cn[nH]c2n1. The molecule has 0 saturated carbocycles. The van der Waals surface area contributed by atoms with Crippen LogP contribution < -0.4 is 10.1 Å². The van der Waals surface area contributed by atoms with Gasteiger partial charge in [0, 0.05) is 7.05 Å². The van der Waals surface area contributed by atoms with Crippen molar-refractivity contribution in [2.24, 2.45) is 0 Å². The molecule has 2 aromatic heterocycles. The van der Waals surface area contributed by atoms with E-state index < -0.39 is 0 Å². The maximum atomic E-state index is 13.1. The molecule has 0 bridgehead atoms. The first-order valence-electron chi connectivity index (χ1n) is 6.00. The minimum absolute atomic E-state index is 0.304. The fourth-order valence-corrected chi connectivity index (χ4v) is 1.83. The largest absolute Gasteiger partial charge is 0.438 e. The predicted octanol–water partition coefficient (Wildman–Crippen LogP) is 2.63. The number of H-pyrrole nitrogens is 1. The van der Waals surface area contributed by atoms with E-state index >= 15 is 0 Å². The summed E-state index contributed by atoms with van der Waals surface area (Å²) < 4.78 is 18.9. The second-order valence-electron chi connectivity index (χ2n) is 4.25. The highest BCUT2D eigenvalue weighted by atomic mass is 19.1. The highest BCUT2D eigenvalue weighted by molar-refractivity contribution is 5.80. The average Bonchev–Trinajstić information content (AvgIpc) is 2.90. The number of aryl methyl sites for hydroxylation is 1. The van der Waals surface area contributed by atoms with Gasteiger partial charge in [0.05, 0.1) is 6.20 Å². The summed E-state index contributed by atoms with van der Waals surface area (Å²) in [6.45, 7) is 1.77. The van der Waals surface area contributed by atoms with E-state index in [2.05, 4.69) is 25.5 Å². The molecule has 20 heavy (non-hydrogen) atoms. The highest BCUT2D eigenvalue weighted by Crippen LogP contribution is 2.29. The van der Waals surface area contributed by atoms with Crippen LogP contribution in [0.3, 0.4) is 0 Å². The molecule has 2 N–H and O–H groups in total. The molecule has 6 nitrogen and oxygen atoms in total. The first-order chi connectivity index (χ1) is 9.67. The van der Waals surface area contributed by atoms with Crippen molar-refractivity contribution in [1.29, 1.82) is 0 Å². The summed E-state index contributed by atoms with van der Waals surface area (Å²) in [5, 5.41) is 10.2. The molecule has 0 amide bonds. The lowest BCUT2D eigenvalue weighted by atomic mass is 10.2. The van der Waals surface area contributed by atoms with Gasteiger partial charge in [-0.2, -0.15) is 15.1 Å². The van der Waals surface area contributed by atoms with Crippen molar-refractivity contribution >= 4 is 17.0 Å². The first-order valence-corrected chi connectivity index (χ1v) is 6.00. The third kappa shape index (κ3) is 2.13. The van der Waals surface area contributed by atoms with E-state index in [9.17, 15) is 4.39 Å². The maximum absolute atomic E-state index is 13.1. The number of anilines is 1. The number of aromatic nitrogens is 4. The fraction of sp³-hybridized carbons (Fsp3) is 0.154. The molecule has 0 saturated heterocycles. The number of benzene rings is 1. The predicted molar refractivity (Wildman–Crippen MR) is 72.4 cm³/mol. The van der Waals surface area contributed by atoms with Crippen LogP contribution in [0.4, 0.5) is 10.3 Å². The van der Waals surface area contributed by atoms with Gasteiger partial charge in [0.25, 0.3) is 0 Å². The van der Waals surface area contributed by atoms with Crippen LogP contribution in [0.2, 0.25) is 0 Å². The lowest BCUT2D eigenvalue weighted by Crippen LogP contribution is -1.99. The second kappa shape index (κ2) is 4.76. The zero-order valence-corrected chi connectivity index (χ0v) is 10.9. The van der Waals surface area contributed by atoms with Gasteiger partial charge in [0.15, 0.2) is 5.65 Å². The molecule has 3 aromatic rings. The Hall–Kier alpha value is -2.70. The molecule has 0 unspecified atom stereocenters. The van der Waals surface area contributed by atoms with E-state index in [4.69, 9.17) is 4.74 Å². The Morgan fingerprint density at radius 3 is 2.90 bits per heavy atom. The van der Waals surface area contributed by atoms with Crippen LogP contribution in [-0.4, -0.2) is 27.2 Å². The third-order valence-electron chi connectivity index (χ3n) is 2.84. The van der Waals surface area contributed by atoms with Gasteiger partial charge in [0.2, 0.25) is 11.8 Å². The molecule has 0 aliphatic rings. The number of nitrogens with one attached hydrogen (secondary N) is 2.